The lowest BCUT2D eigenvalue weighted by Gasteiger charge is -2.20. The molecule has 0 atom stereocenters. The Kier molecular flexibility index (Phi) is 3.62. The topological polar surface area (TPSA) is 60.2 Å². The summed E-state index contributed by atoms with van der Waals surface area (Å²) in [6.07, 6.45) is 1.89. The molecule has 5 heteroatoms. The van der Waals surface area contributed by atoms with Crippen LogP contribution in [0.5, 0.6) is 0 Å². The molecule has 4 nitrogen and oxygen atoms in total. The number of pyridine rings is 1. The van der Waals surface area contributed by atoms with Gasteiger partial charge in [0.1, 0.15) is 5.58 Å². The van der Waals surface area contributed by atoms with Crippen molar-refractivity contribution >= 4 is 39.3 Å². The highest BCUT2D eigenvalue weighted by Gasteiger charge is 2.28. The standard InChI is InChI=1S/C22H14ClNO3/c23-14-8-3-1-6-12(14)18-19-15(9-5-10-16(19)25)24-21-13-7-2-4-11-17(13)27-22(26)20(18)21/h1-4,6-8,11H,5,9-10H2. The summed E-state index contributed by atoms with van der Waals surface area (Å²) < 4.78 is 5.55. The maximum atomic E-state index is 12.9. The van der Waals surface area contributed by atoms with Crippen molar-refractivity contribution in [1.82, 2.24) is 4.98 Å². The van der Waals surface area contributed by atoms with Crippen LogP contribution in [0.15, 0.2) is 57.7 Å². The number of ketones is 1. The minimum Gasteiger partial charge on any atom is -0.422 e. The molecule has 0 N–H and O–H groups in total. The molecule has 4 aromatic rings. The van der Waals surface area contributed by atoms with E-state index < -0.39 is 5.63 Å². The second kappa shape index (κ2) is 6.03. The van der Waals surface area contributed by atoms with E-state index in [1.54, 1.807) is 12.1 Å². The number of hydrogen-bond acceptors (Lipinski definition) is 4. The molecule has 1 aliphatic carbocycles. The quantitative estimate of drug-likeness (QED) is 0.339. The maximum absolute atomic E-state index is 12.9. The molecule has 0 aliphatic heterocycles. The Balaban J connectivity index is 2.07. The molecule has 0 saturated heterocycles. The van der Waals surface area contributed by atoms with Crippen LogP contribution >= 0.6 is 11.6 Å². The molecule has 0 saturated carbocycles. The number of hydrogen-bond donors (Lipinski definition) is 0. The Bertz CT molecular complexity index is 1310. The molecule has 1 aliphatic rings. The fraction of sp³-hybridized carbons (Fsp3) is 0.136. The Morgan fingerprint density at radius 1 is 0.926 bits per heavy atom. The van der Waals surface area contributed by atoms with E-state index in [0.717, 1.165) is 17.5 Å². The van der Waals surface area contributed by atoms with Crippen molar-refractivity contribution in [3.63, 3.8) is 0 Å². The summed E-state index contributed by atoms with van der Waals surface area (Å²) in [4.78, 5) is 30.5. The highest BCUT2D eigenvalue weighted by atomic mass is 35.5. The van der Waals surface area contributed by atoms with Crippen molar-refractivity contribution in [3.8, 4) is 11.1 Å². The van der Waals surface area contributed by atoms with Gasteiger partial charge in [-0.2, -0.15) is 0 Å². The van der Waals surface area contributed by atoms with E-state index in [9.17, 15) is 9.59 Å². The molecule has 0 bridgehead atoms. The normalized spacial score (nSPS) is 13.9. The van der Waals surface area contributed by atoms with Crippen molar-refractivity contribution < 1.29 is 9.21 Å². The lowest BCUT2D eigenvalue weighted by molar-refractivity contribution is 0.0972. The first kappa shape index (κ1) is 16.2. The molecule has 5 rings (SSSR count). The predicted octanol–water partition coefficient (Wildman–Crippen LogP) is 5.18. The summed E-state index contributed by atoms with van der Waals surface area (Å²) in [6, 6.07) is 14.6. The fourth-order valence-electron chi connectivity index (χ4n) is 3.89. The maximum Gasteiger partial charge on any atom is 0.346 e. The second-order valence-corrected chi connectivity index (χ2v) is 7.08. The van der Waals surface area contributed by atoms with E-state index in [1.165, 1.54) is 0 Å². The lowest BCUT2D eigenvalue weighted by Crippen LogP contribution is -2.17. The number of rotatable bonds is 1. The molecule has 2 aromatic heterocycles. The predicted molar refractivity (Wildman–Crippen MR) is 105 cm³/mol. The number of para-hydroxylation sites is 1. The largest absolute Gasteiger partial charge is 0.422 e. The van der Waals surface area contributed by atoms with Gasteiger partial charge in [-0.25, -0.2) is 4.79 Å². The van der Waals surface area contributed by atoms with Crippen LogP contribution in [0.1, 0.15) is 28.9 Å². The molecule has 2 heterocycles. The van der Waals surface area contributed by atoms with Crippen LogP contribution < -0.4 is 5.63 Å². The molecule has 0 fully saturated rings. The number of Topliss-reactive ketones (excluding diaryl/α,β-unsaturated/α-hetero) is 1. The third-order valence-electron chi connectivity index (χ3n) is 5.06. The van der Waals surface area contributed by atoms with Gasteiger partial charge in [0, 0.05) is 33.5 Å². The van der Waals surface area contributed by atoms with Gasteiger partial charge in [-0.05, 0) is 31.0 Å². The van der Waals surface area contributed by atoms with Crippen molar-refractivity contribution in [2.24, 2.45) is 0 Å². The number of nitrogens with zero attached hydrogens (tertiary/aromatic N) is 1. The van der Waals surface area contributed by atoms with Crippen molar-refractivity contribution in [2.75, 3.05) is 0 Å². The van der Waals surface area contributed by atoms with Gasteiger partial charge in [0.15, 0.2) is 5.78 Å². The summed E-state index contributed by atoms with van der Waals surface area (Å²) >= 11 is 6.46. The highest BCUT2D eigenvalue weighted by Crippen LogP contribution is 2.39. The Labute approximate surface area is 159 Å². The third kappa shape index (κ3) is 2.41. The summed E-state index contributed by atoms with van der Waals surface area (Å²) in [5.74, 6) is -0.00636. The number of carbonyl (C=O) groups is 1. The number of aryl methyl sites for hydroxylation is 1. The first-order chi connectivity index (χ1) is 13.1. The molecule has 0 amide bonds. The number of fused-ring (bicyclic) bond motifs is 4. The summed E-state index contributed by atoms with van der Waals surface area (Å²) in [5, 5.41) is 1.55. The number of halogens is 1. The Hall–Kier alpha value is -2.98. The zero-order chi connectivity index (χ0) is 18.5. The van der Waals surface area contributed by atoms with Crippen LogP contribution in [0.25, 0.3) is 33.0 Å². The Morgan fingerprint density at radius 2 is 1.70 bits per heavy atom. The summed E-state index contributed by atoms with van der Waals surface area (Å²) in [5.41, 5.74) is 2.96. The zero-order valence-electron chi connectivity index (χ0n) is 14.3. The van der Waals surface area contributed by atoms with Gasteiger partial charge in [0.2, 0.25) is 0 Å². The van der Waals surface area contributed by atoms with Crippen molar-refractivity contribution in [1.29, 1.82) is 0 Å². The van der Waals surface area contributed by atoms with Crippen molar-refractivity contribution in [3.05, 3.63) is 75.2 Å². The number of carbonyl (C=O) groups excluding carboxylic acids is 1. The van der Waals surface area contributed by atoms with Gasteiger partial charge in [-0.1, -0.05) is 41.9 Å². The molecule has 27 heavy (non-hydrogen) atoms. The zero-order valence-corrected chi connectivity index (χ0v) is 15.0. The van der Waals surface area contributed by atoms with Crippen LogP contribution in [0.4, 0.5) is 0 Å². The van der Waals surface area contributed by atoms with Crippen LogP contribution in [0, 0.1) is 0 Å². The van der Waals surface area contributed by atoms with Crippen LogP contribution in [-0.4, -0.2) is 10.8 Å². The number of benzene rings is 2. The summed E-state index contributed by atoms with van der Waals surface area (Å²) in [6.45, 7) is 0. The van der Waals surface area contributed by atoms with E-state index in [-0.39, 0.29) is 5.78 Å². The molecule has 2 aromatic carbocycles. The van der Waals surface area contributed by atoms with E-state index in [1.807, 2.05) is 36.4 Å². The molecule has 0 spiro atoms. The van der Waals surface area contributed by atoms with Gasteiger partial charge in [0.25, 0.3) is 0 Å². The van der Waals surface area contributed by atoms with Gasteiger partial charge < -0.3 is 4.42 Å². The van der Waals surface area contributed by atoms with Crippen LogP contribution in [0.3, 0.4) is 0 Å². The SMILES string of the molecule is O=C1CCCc2nc3c(c(-c4ccccc4Cl)c21)c(=O)oc1ccccc13. The van der Waals surface area contributed by atoms with Gasteiger partial charge in [0.05, 0.1) is 16.6 Å². The van der Waals surface area contributed by atoms with Crippen LogP contribution in [0.2, 0.25) is 5.02 Å². The Morgan fingerprint density at radius 3 is 2.56 bits per heavy atom. The van der Waals surface area contributed by atoms with E-state index in [4.69, 9.17) is 21.0 Å². The molecular weight excluding hydrogens is 362 g/mol. The minimum atomic E-state index is -0.507. The average molecular weight is 376 g/mol. The van der Waals surface area contributed by atoms with E-state index in [2.05, 4.69) is 0 Å². The summed E-state index contributed by atoms with van der Waals surface area (Å²) in [7, 11) is 0. The van der Waals surface area contributed by atoms with E-state index in [0.29, 0.717) is 51.0 Å². The van der Waals surface area contributed by atoms with Crippen molar-refractivity contribution in [2.45, 2.75) is 19.3 Å². The first-order valence-electron chi connectivity index (χ1n) is 8.81. The molecule has 0 unspecified atom stereocenters. The average Bonchev–Trinajstić information content (AvgIpc) is 2.67. The lowest BCUT2D eigenvalue weighted by atomic mass is 9.86. The van der Waals surface area contributed by atoms with Gasteiger partial charge in [-0.15, -0.1) is 0 Å². The molecule has 0 radical (unpaired) electrons. The van der Waals surface area contributed by atoms with Gasteiger partial charge in [-0.3, -0.25) is 9.78 Å². The van der Waals surface area contributed by atoms with Crippen LogP contribution in [-0.2, 0) is 6.42 Å². The second-order valence-electron chi connectivity index (χ2n) is 6.67. The fourth-order valence-corrected chi connectivity index (χ4v) is 4.12. The first-order valence-corrected chi connectivity index (χ1v) is 9.19. The van der Waals surface area contributed by atoms with E-state index >= 15 is 0 Å². The van der Waals surface area contributed by atoms with Gasteiger partial charge >= 0.3 is 5.63 Å². The number of aromatic nitrogens is 1. The molecule has 132 valence electrons. The molecular formula is C22H14ClNO3. The third-order valence-corrected chi connectivity index (χ3v) is 5.39. The highest BCUT2D eigenvalue weighted by molar-refractivity contribution is 6.34. The smallest absolute Gasteiger partial charge is 0.346 e. The minimum absolute atomic E-state index is 0.00636. The monoisotopic (exact) mass is 375 g/mol.